The average Bonchev–Trinajstić information content (AvgIpc) is 2.79. The molecule has 30 heavy (non-hydrogen) atoms. The van der Waals surface area contributed by atoms with Crippen LogP contribution in [0.3, 0.4) is 0 Å². The highest BCUT2D eigenvalue weighted by atomic mass is 35.5. The number of benzene rings is 4. The van der Waals surface area contributed by atoms with Gasteiger partial charge in [-0.25, -0.2) is 0 Å². The second-order valence-electron chi connectivity index (χ2n) is 6.87. The van der Waals surface area contributed by atoms with Crippen LogP contribution in [0.1, 0.15) is 5.56 Å². The van der Waals surface area contributed by atoms with Gasteiger partial charge in [-0.3, -0.25) is 10.1 Å². The van der Waals surface area contributed by atoms with E-state index in [0.717, 1.165) is 22.1 Å². The predicted molar refractivity (Wildman–Crippen MR) is 122 cm³/mol. The number of halogens is 1. The van der Waals surface area contributed by atoms with Gasteiger partial charge in [0.15, 0.2) is 5.30 Å². The van der Waals surface area contributed by atoms with E-state index in [0.29, 0.717) is 0 Å². The summed E-state index contributed by atoms with van der Waals surface area (Å²) in [5, 5.41) is 15.1. The molecule has 0 atom stereocenters. The van der Waals surface area contributed by atoms with Crippen LogP contribution in [0, 0.1) is 10.1 Å². The molecule has 0 aliphatic rings. The van der Waals surface area contributed by atoms with Crippen LogP contribution in [0.5, 0.6) is 0 Å². The largest absolute Gasteiger partial charge is 1.00 e. The minimum Gasteiger partial charge on any atom is -1.00 e. The van der Waals surface area contributed by atoms with Crippen molar-refractivity contribution < 1.29 is 17.3 Å². The lowest BCUT2D eigenvalue weighted by molar-refractivity contribution is -0.383. The van der Waals surface area contributed by atoms with E-state index in [1.807, 2.05) is 66.7 Å². The maximum Gasteiger partial charge on any atom is 0.311 e. The van der Waals surface area contributed by atoms with E-state index in [-0.39, 0.29) is 23.0 Å². The van der Waals surface area contributed by atoms with Crippen LogP contribution in [-0.2, 0) is 6.16 Å². The summed E-state index contributed by atoms with van der Waals surface area (Å²) in [5.74, 6) is 0. The molecule has 0 aromatic heterocycles. The van der Waals surface area contributed by atoms with Gasteiger partial charge in [0.25, 0.3) is 0 Å². The van der Waals surface area contributed by atoms with Gasteiger partial charge >= 0.3 is 5.69 Å². The van der Waals surface area contributed by atoms with E-state index in [4.69, 9.17) is 0 Å². The molecule has 0 bridgehead atoms. The molecule has 0 amide bonds. The summed E-state index contributed by atoms with van der Waals surface area (Å²) < 4.78 is 0. The van der Waals surface area contributed by atoms with Gasteiger partial charge < -0.3 is 12.4 Å². The molecule has 0 saturated carbocycles. The third kappa shape index (κ3) is 4.14. The quantitative estimate of drug-likeness (QED) is 0.265. The first-order valence-corrected chi connectivity index (χ1v) is 11.5. The highest BCUT2D eigenvalue weighted by Gasteiger charge is 2.49. The maximum atomic E-state index is 12.0. The van der Waals surface area contributed by atoms with Crippen LogP contribution in [0.25, 0.3) is 0 Å². The fourth-order valence-electron chi connectivity index (χ4n) is 3.86. The summed E-state index contributed by atoms with van der Waals surface area (Å²) in [4.78, 5) is 11.8. The zero-order chi connectivity index (χ0) is 20.1. The van der Waals surface area contributed by atoms with Gasteiger partial charge in [-0.1, -0.05) is 78.9 Å². The summed E-state index contributed by atoms with van der Waals surface area (Å²) >= 11 is 0. The molecule has 4 rings (SSSR count). The Balaban J connectivity index is 0.00000256. The van der Waals surface area contributed by atoms with Crippen molar-refractivity contribution >= 4 is 28.9 Å². The lowest BCUT2D eigenvalue weighted by Crippen LogP contribution is -3.00. The van der Waals surface area contributed by atoms with Crippen LogP contribution in [0.15, 0.2) is 115 Å². The fourth-order valence-corrected chi connectivity index (χ4v) is 8.26. The highest BCUT2D eigenvalue weighted by Crippen LogP contribution is 2.59. The van der Waals surface area contributed by atoms with Gasteiger partial charge in [0.1, 0.15) is 17.9 Å². The number of rotatable bonds is 6. The average molecular weight is 434 g/mol. The number of hydrogen-bond donors (Lipinski definition) is 0. The van der Waals surface area contributed by atoms with Crippen molar-refractivity contribution in [2.24, 2.45) is 0 Å². The van der Waals surface area contributed by atoms with E-state index >= 15 is 0 Å². The molecule has 3 nitrogen and oxygen atoms in total. The van der Waals surface area contributed by atoms with Crippen molar-refractivity contribution in [3.8, 4) is 0 Å². The van der Waals surface area contributed by atoms with E-state index in [9.17, 15) is 10.1 Å². The lowest BCUT2D eigenvalue weighted by atomic mass is 10.2. The van der Waals surface area contributed by atoms with Crippen molar-refractivity contribution in [3.05, 3.63) is 131 Å². The van der Waals surface area contributed by atoms with Crippen LogP contribution >= 0.6 is 7.26 Å². The van der Waals surface area contributed by atoms with E-state index in [2.05, 4.69) is 36.4 Å². The summed E-state index contributed by atoms with van der Waals surface area (Å²) in [6, 6.07) is 38.0. The molecular formula is C25H21ClNO2P. The Morgan fingerprint density at radius 1 is 0.633 bits per heavy atom. The summed E-state index contributed by atoms with van der Waals surface area (Å²) in [7, 11) is -2.31. The van der Waals surface area contributed by atoms with Gasteiger partial charge in [0, 0.05) is 6.07 Å². The van der Waals surface area contributed by atoms with Crippen molar-refractivity contribution in [2.75, 3.05) is 0 Å². The normalized spacial score (nSPS) is 10.8. The Kier molecular flexibility index (Phi) is 6.99. The minimum atomic E-state index is -2.31. The number of nitro benzene ring substituents is 1. The summed E-state index contributed by atoms with van der Waals surface area (Å²) in [5.41, 5.74) is 1.36. The Bertz CT molecular complexity index is 1070. The lowest BCUT2D eigenvalue weighted by Gasteiger charge is -2.27. The molecule has 0 unspecified atom stereocenters. The van der Waals surface area contributed by atoms with Crippen molar-refractivity contribution in [2.45, 2.75) is 6.16 Å². The Morgan fingerprint density at radius 2 is 1.07 bits per heavy atom. The Hall–Kier alpha value is -3.00. The summed E-state index contributed by atoms with van der Waals surface area (Å²) in [6.45, 7) is 0. The van der Waals surface area contributed by atoms with Crippen LogP contribution in [0.4, 0.5) is 5.69 Å². The highest BCUT2D eigenvalue weighted by molar-refractivity contribution is 7.95. The number of para-hydroxylation sites is 1. The molecule has 0 radical (unpaired) electrons. The van der Waals surface area contributed by atoms with Gasteiger partial charge in [-0.05, 0) is 35.9 Å². The number of nitro groups is 1. The molecule has 0 spiro atoms. The van der Waals surface area contributed by atoms with Crippen molar-refractivity contribution in [3.63, 3.8) is 0 Å². The molecule has 0 heterocycles. The maximum absolute atomic E-state index is 12.0. The molecule has 0 fully saturated rings. The van der Waals surface area contributed by atoms with Gasteiger partial charge in [-0.15, -0.1) is 0 Å². The Labute approximate surface area is 183 Å². The molecule has 0 aliphatic heterocycles. The van der Waals surface area contributed by atoms with Gasteiger partial charge in [-0.2, -0.15) is 0 Å². The van der Waals surface area contributed by atoms with E-state index < -0.39 is 7.26 Å². The monoisotopic (exact) mass is 433 g/mol. The third-order valence-electron chi connectivity index (χ3n) is 5.15. The van der Waals surface area contributed by atoms with Crippen LogP contribution in [-0.4, -0.2) is 4.92 Å². The SMILES string of the molecule is O=[N+]([O-])c1ccccc1[P+](Cc1ccccc1)(c1ccccc1)c1ccccc1.[Cl-]. The first kappa shape index (κ1) is 21.7. The molecule has 0 N–H and O–H groups in total. The first-order chi connectivity index (χ1) is 14.2. The second kappa shape index (κ2) is 9.67. The number of hydrogen-bond acceptors (Lipinski definition) is 2. The molecule has 5 heteroatoms. The van der Waals surface area contributed by atoms with Gasteiger partial charge in [0.2, 0.25) is 0 Å². The first-order valence-electron chi connectivity index (χ1n) is 9.49. The minimum absolute atomic E-state index is 0. The van der Waals surface area contributed by atoms with Gasteiger partial charge in [0.05, 0.1) is 11.1 Å². The van der Waals surface area contributed by atoms with E-state index in [1.165, 1.54) is 5.56 Å². The second-order valence-corrected chi connectivity index (χ2v) is 10.3. The fraction of sp³-hybridized carbons (Fsp3) is 0.0400. The molecule has 4 aromatic rings. The molecular weight excluding hydrogens is 413 g/mol. The summed E-state index contributed by atoms with van der Waals surface area (Å²) in [6.07, 6.45) is 0.729. The molecule has 150 valence electrons. The molecule has 0 aliphatic carbocycles. The zero-order valence-electron chi connectivity index (χ0n) is 16.3. The van der Waals surface area contributed by atoms with Crippen LogP contribution < -0.4 is 28.3 Å². The topological polar surface area (TPSA) is 43.1 Å². The Morgan fingerprint density at radius 3 is 1.57 bits per heavy atom. The smallest absolute Gasteiger partial charge is 0.311 e. The zero-order valence-corrected chi connectivity index (χ0v) is 17.9. The van der Waals surface area contributed by atoms with E-state index in [1.54, 1.807) is 12.1 Å². The standard InChI is InChI=1S/C25H21NO2P.ClH/c27-26(28)24-18-10-11-19-25(24)29(22-14-6-2-7-15-22,23-16-8-3-9-17-23)20-21-12-4-1-5-13-21;/h1-19H,20H2;1H/q+1;/p-1. The van der Waals surface area contributed by atoms with Crippen molar-refractivity contribution in [1.82, 2.24) is 0 Å². The van der Waals surface area contributed by atoms with Crippen molar-refractivity contribution in [1.29, 1.82) is 0 Å². The van der Waals surface area contributed by atoms with Crippen LogP contribution in [0.2, 0.25) is 0 Å². The predicted octanol–water partition coefficient (Wildman–Crippen LogP) is 2.09. The number of nitrogens with zero attached hydrogens (tertiary/aromatic N) is 1. The third-order valence-corrected chi connectivity index (χ3v) is 9.55. The molecule has 4 aromatic carbocycles. The molecule has 0 saturated heterocycles.